The van der Waals surface area contributed by atoms with Crippen LogP contribution in [0, 0.1) is 20.8 Å². The van der Waals surface area contributed by atoms with Gasteiger partial charge in [-0.05, 0) is 50.1 Å². The number of furan rings is 1. The van der Waals surface area contributed by atoms with Crippen molar-refractivity contribution in [2.24, 2.45) is 0 Å². The number of carbonyl (C=O) groups is 2. The van der Waals surface area contributed by atoms with Crippen LogP contribution in [-0.4, -0.2) is 53.0 Å². The molecule has 7 heteroatoms. The highest BCUT2D eigenvalue weighted by molar-refractivity contribution is 6.00. The number of aromatic nitrogens is 1. The predicted octanol–water partition coefficient (Wildman–Crippen LogP) is 3.71. The molecule has 0 N–H and O–H groups in total. The summed E-state index contributed by atoms with van der Waals surface area (Å²) in [7, 11) is 0. The van der Waals surface area contributed by atoms with Gasteiger partial charge in [-0.3, -0.25) is 9.78 Å². The normalized spacial score (nSPS) is 14.3. The van der Waals surface area contributed by atoms with E-state index in [-0.39, 0.29) is 5.91 Å². The summed E-state index contributed by atoms with van der Waals surface area (Å²) in [5.41, 5.74) is 3.80. The van der Waals surface area contributed by atoms with Crippen LogP contribution in [0.15, 0.2) is 41.1 Å². The molecular formula is C22H23N3O4. The number of fused-ring (bicyclic) bond motifs is 1. The van der Waals surface area contributed by atoms with Gasteiger partial charge in [0.15, 0.2) is 11.5 Å². The summed E-state index contributed by atoms with van der Waals surface area (Å²) >= 11 is 0. The lowest BCUT2D eigenvalue weighted by Gasteiger charge is -2.33. The standard InChI is InChI=1S/C22H23N3O4/c1-14-11-15(2)19-16(3)20(29-18(19)12-14)21(26)24-7-9-25(10-8-24)22(27)28-17-5-4-6-23-13-17/h4-6,11-13H,7-10H2,1-3H3. The number of hydrogen-bond donors (Lipinski definition) is 0. The van der Waals surface area contributed by atoms with Crippen molar-refractivity contribution in [3.63, 3.8) is 0 Å². The van der Waals surface area contributed by atoms with Gasteiger partial charge in [0.2, 0.25) is 0 Å². The molecule has 2 amide bonds. The molecule has 3 heterocycles. The summed E-state index contributed by atoms with van der Waals surface area (Å²) < 4.78 is 11.2. The summed E-state index contributed by atoms with van der Waals surface area (Å²) in [6.45, 7) is 7.62. The Bertz CT molecular complexity index is 1070. The van der Waals surface area contributed by atoms with E-state index in [1.54, 1.807) is 28.1 Å². The summed E-state index contributed by atoms with van der Waals surface area (Å²) in [5.74, 6) is 0.635. The number of rotatable bonds is 2. The maximum atomic E-state index is 13.0. The SMILES string of the molecule is Cc1cc(C)c2c(C)c(C(=O)N3CCN(C(=O)Oc4cccnc4)CC3)oc2c1. The maximum Gasteiger partial charge on any atom is 0.415 e. The van der Waals surface area contributed by atoms with Crippen LogP contribution in [0.25, 0.3) is 11.0 Å². The van der Waals surface area contributed by atoms with Crippen molar-refractivity contribution in [1.82, 2.24) is 14.8 Å². The number of nitrogens with zero attached hydrogens (tertiary/aromatic N) is 3. The van der Waals surface area contributed by atoms with E-state index < -0.39 is 6.09 Å². The lowest BCUT2D eigenvalue weighted by molar-refractivity contribution is 0.0605. The second kappa shape index (κ2) is 7.58. The van der Waals surface area contributed by atoms with Gasteiger partial charge >= 0.3 is 6.09 Å². The molecule has 1 aliphatic heterocycles. The third-order valence-corrected chi connectivity index (χ3v) is 5.23. The molecule has 1 saturated heterocycles. The summed E-state index contributed by atoms with van der Waals surface area (Å²) in [6.07, 6.45) is 2.67. The van der Waals surface area contributed by atoms with Gasteiger partial charge < -0.3 is 19.0 Å². The molecule has 0 radical (unpaired) electrons. The zero-order valence-corrected chi connectivity index (χ0v) is 16.8. The van der Waals surface area contributed by atoms with Gasteiger partial charge in [0, 0.05) is 43.3 Å². The van der Waals surface area contributed by atoms with Crippen LogP contribution >= 0.6 is 0 Å². The second-order valence-electron chi connectivity index (χ2n) is 7.35. The summed E-state index contributed by atoms with van der Waals surface area (Å²) in [5, 5.41) is 0.998. The van der Waals surface area contributed by atoms with Crippen LogP contribution < -0.4 is 4.74 Å². The first-order valence-corrected chi connectivity index (χ1v) is 9.60. The molecule has 3 aromatic rings. The number of carbonyl (C=O) groups excluding carboxylic acids is 2. The van der Waals surface area contributed by atoms with Crippen molar-refractivity contribution < 1.29 is 18.7 Å². The maximum absolute atomic E-state index is 13.0. The average molecular weight is 393 g/mol. The molecule has 2 aromatic heterocycles. The molecular weight excluding hydrogens is 370 g/mol. The number of benzene rings is 1. The van der Waals surface area contributed by atoms with Crippen LogP contribution in [0.5, 0.6) is 5.75 Å². The first-order chi connectivity index (χ1) is 13.9. The Kier molecular flexibility index (Phi) is 4.96. The summed E-state index contributed by atoms with van der Waals surface area (Å²) in [4.78, 5) is 32.6. The lowest BCUT2D eigenvalue weighted by atomic mass is 10.0. The van der Waals surface area contributed by atoms with Crippen LogP contribution in [0.3, 0.4) is 0 Å². The molecule has 0 atom stereocenters. The molecule has 7 nitrogen and oxygen atoms in total. The van der Waals surface area contributed by atoms with E-state index in [0.717, 1.165) is 27.7 Å². The third kappa shape index (κ3) is 3.68. The van der Waals surface area contributed by atoms with E-state index in [9.17, 15) is 9.59 Å². The minimum absolute atomic E-state index is 0.143. The van der Waals surface area contributed by atoms with Crippen molar-refractivity contribution in [3.8, 4) is 5.75 Å². The smallest absolute Gasteiger partial charge is 0.415 e. The molecule has 0 spiro atoms. The molecule has 0 saturated carbocycles. The lowest BCUT2D eigenvalue weighted by Crippen LogP contribution is -2.51. The Labute approximate surface area is 168 Å². The van der Waals surface area contributed by atoms with Crippen LogP contribution in [0.4, 0.5) is 4.79 Å². The highest BCUT2D eigenvalue weighted by atomic mass is 16.6. The van der Waals surface area contributed by atoms with Crippen molar-refractivity contribution in [1.29, 1.82) is 0 Å². The monoisotopic (exact) mass is 393 g/mol. The van der Waals surface area contributed by atoms with Crippen molar-refractivity contribution in [2.45, 2.75) is 20.8 Å². The third-order valence-electron chi connectivity index (χ3n) is 5.23. The zero-order valence-electron chi connectivity index (χ0n) is 16.8. The highest BCUT2D eigenvalue weighted by Gasteiger charge is 2.29. The zero-order chi connectivity index (χ0) is 20.5. The Morgan fingerprint density at radius 1 is 1.07 bits per heavy atom. The van der Waals surface area contributed by atoms with Crippen molar-refractivity contribution >= 4 is 23.0 Å². The van der Waals surface area contributed by atoms with Gasteiger partial charge in [-0.15, -0.1) is 0 Å². The average Bonchev–Trinajstić information content (AvgIpc) is 3.04. The molecule has 150 valence electrons. The Hall–Kier alpha value is -3.35. The second-order valence-corrected chi connectivity index (χ2v) is 7.35. The molecule has 1 fully saturated rings. The number of aryl methyl sites for hydroxylation is 3. The number of amides is 2. The predicted molar refractivity (Wildman–Crippen MR) is 108 cm³/mol. The van der Waals surface area contributed by atoms with E-state index in [0.29, 0.717) is 37.7 Å². The van der Waals surface area contributed by atoms with Gasteiger partial charge in [-0.1, -0.05) is 6.07 Å². The van der Waals surface area contributed by atoms with E-state index in [1.807, 2.05) is 26.8 Å². The summed E-state index contributed by atoms with van der Waals surface area (Å²) in [6, 6.07) is 7.43. The van der Waals surface area contributed by atoms with Gasteiger partial charge in [0.05, 0.1) is 6.20 Å². The molecule has 1 aromatic carbocycles. The molecule has 0 aliphatic carbocycles. The van der Waals surface area contributed by atoms with Crippen molar-refractivity contribution in [3.05, 3.63) is 59.1 Å². The van der Waals surface area contributed by atoms with E-state index in [2.05, 4.69) is 11.1 Å². The largest absolute Gasteiger partial charge is 0.451 e. The Morgan fingerprint density at radius 2 is 1.79 bits per heavy atom. The Morgan fingerprint density at radius 3 is 2.48 bits per heavy atom. The molecule has 29 heavy (non-hydrogen) atoms. The minimum atomic E-state index is -0.434. The van der Waals surface area contributed by atoms with Crippen LogP contribution in [-0.2, 0) is 0 Å². The first-order valence-electron chi connectivity index (χ1n) is 9.60. The fourth-order valence-electron chi connectivity index (χ4n) is 3.80. The van der Waals surface area contributed by atoms with E-state index >= 15 is 0 Å². The van der Waals surface area contributed by atoms with Gasteiger partial charge in [-0.25, -0.2) is 4.79 Å². The first kappa shape index (κ1) is 19.0. The topological polar surface area (TPSA) is 75.9 Å². The van der Waals surface area contributed by atoms with Gasteiger partial charge in [0.1, 0.15) is 5.58 Å². The van der Waals surface area contributed by atoms with Crippen molar-refractivity contribution in [2.75, 3.05) is 26.2 Å². The molecule has 0 unspecified atom stereocenters. The number of ether oxygens (including phenoxy) is 1. The van der Waals surface area contributed by atoms with Gasteiger partial charge in [-0.2, -0.15) is 0 Å². The van der Waals surface area contributed by atoms with E-state index in [4.69, 9.17) is 9.15 Å². The quantitative estimate of drug-likeness (QED) is 0.663. The number of piperazine rings is 1. The number of hydrogen-bond acceptors (Lipinski definition) is 5. The fraction of sp³-hybridized carbons (Fsp3) is 0.318. The molecule has 0 bridgehead atoms. The van der Waals surface area contributed by atoms with Crippen LogP contribution in [0.2, 0.25) is 0 Å². The van der Waals surface area contributed by atoms with E-state index in [1.165, 1.54) is 6.20 Å². The molecule has 4 rings (SSSR count). The minimum Gasteiger partial charge on any atom is -0.451 e. The van der Waals surface area contributed by atoms with Gasteiger partial charge in [0.25, 0.3) is 5.91 Å². The molecule has 1 aliphatic rings. The Balaban J connectivity index is 1.44. The fourth-order valence-corrected chi connectivity index (χ4v) is 3.80. The number of pyridine rings is 1. The van der Waals surface area contributed by atoms with Crippen LogP contribution in [0.1, 0.15) is 27.2 Å². The highest BCUT2D eigenvalue weighted by Crippen LogP contribution is 2.30.